The zero-order chi connectivity index (χ0) is 18.4. The van der Waals surface area contributed by atoms with Gasteiger partial charge in [0.25, 0.3) is 0 Å². The second kappa shape index (κ2) is 7.70. The Hall–Kier alpha value is -2.15. The van der Waals surface area contributed by atoms with E-state index in [4.69, 9.17) is 4.98 Å². The lowest BCUT2D eigenvalue weighted by Gasteiger charge is -2.33. The van der Waals surface area contributed by atoms with Gasteiger partial charge in [-0.2, -0.15) is 5.10 Å². The number of anilines is 1. The summed E-state index contributed by atoms with van der Waals surface area (Å²) in [6, 6.07) is 13.7. The maximum atomic E-state index is 4.87. The normalized spacial score (nSPS) is 15.1. The van der Waals surface area contributed by atoms with E-state index in [1.54, 1.807) is 11.3 Å². The number of rotatable bonds is 3. The van der Waals surface area contributed by atoms with Crippen molar-refractivity contribution in [3.63, 3.8) is 0 Å². The van der Waals surface area contributed by atoms with Gasteiger partial charge < -0.3 is 10.2 Å². The Morgan fingerprint density at radius 3 is 2.71 bits per heavy atom. The number of fused-ring (bicyclic) bond motifs is 2. The highest BCUT2D eigenvalue weighted by atomic mass is 35.5. The van der Waals surface area contributed by atoms with Crippen LogP contribution in [0.15, 0.2) is 42.6 Å². The zero-order valence-corrected chi connectivity index (χ0v) is 17.7. The molecule has 0 atom stereocenters. The summed E-state index contributed by atoms with van der Waals surface area (Å²) < 4.78 is 3.10. The molecule has 0 aliphatic carbocycles. The van der Waals surface area contributed by atoms with Crippen molar-refractivity contribution in [2.75, 3.05) is 25.0 Å². The number of halogens is 1. The third kappa shape index (κ3) is 3.48. The van der Waals surface area contributed by atoms with Crippen molar-refractivity contribution in [1.29, 1.82) is 0 Å². The Balaban J connectivity index is 0.00000192. The summed E-state index contributed by atoms with van der Waals surface area (Å²) in [7, 11) is 4.17. The molecule has 7 heteroatoms. The van der Waals surface area contributed by atoms with Crippen LogP contribution in [0.4, 0.5) is 5.69 Å². The Labute approximate surface area is 174 Å². The summed E-state index contributed by atoms with van der Waals surface area (Å²) in [5.74, 6) is 0. The second-order valence-electron chi connectivity index (χ2n) is 7.34. The van der Waals surface area contributed by atoms with Gasteiger partial charge in [0.2, 0.25) is 0 Å². The lowest BCUT2D eigenvalue weighted by Crippen LogP contribution is -2.41. The molecule has 1 fully saturated rings. The summed E-state index contributed by atoms with van der Waals surface area (Å²) >= 11 is 1.77. The predicted octanol–water partition coefficient (Wildman–Crippen LogP) is 4.46. The SMILES string of the molecule is CN(c1ccc2nc(-c3ccc4nn(C)cc4c3)sc2c1)C1CCNCC1.Cl. The standard InChI is InChI=1S/C21H23N5S.ClH/c1-25-13-15-11-14(3-5-18(15)24-25)21-23-19-6-4-17(12-20(19)27-21)26(2)16-7-9-22-10-8-16;/h3-6,11-13,16,22H,7-10H2,1-2H3;1H. The predicted molar refractivity (Wildman–Crippen MR) is 121 cm³/mol. The van der Waals surface area contributed by atoms with Crippen LogP contribution in [0.2, 0.25) is 0 Å². The van der Waals surface area contributed by atoms with Crippen molar-refractivity contribution in [2.45, 2.75) is 18.9 Å². The molecule has 5 nitrogen and oxygen atoms in total. The molecule has 1 aliphatic heterocycles. The largest absolute Gasteiger partial charge is 0.371 e. The van der Waals surface area contributed by atoms with Gasteiger partial charge in [0, 0.05) is 43.0 Å². The highest BCUT2D eigenvalue weighted by Gasteiger charge is 2.19. The molecule has 0 bridgehead atoms. The molecule has 0 amide bonds. The molecular formula is C21H24ClN5S. The number of nitrogens with zero attached hydrogens (tertiary/aromatic N) is 4. The van der Waals surface area contributed by atoms with Crippen LogP contribution in [0.5, 0.6) is 0 Å². The molecule has 4 aromatic rings. The molecule has 0 saturated carbocycles. The molecule has 146 valence electrons. The molecule has 2 aromatic carbocycles. The number of thiazole rings is 1. The van der Waals surface area contributed by atoms with Crippen LogP contribution in [0, 0.1) is 0 Å². The molecule has 0 unspecified atom stereocenters. The maximum Gasteiger partial charge on any atom is 0.124 e. The molecule has 3 heterocycles. The quantitative estimate of drug-likeness (QED) is 0.538. The topological polar surface area (TPSA) is 46.0 Å². The first-order valence-electron chi connectivity index (χ1n) is 9.45. The minimum Gasteiger partial charge on any atom is -0.371 e. The zero-order valence-electron chi connectivity index (χ0n) is 16.1. The highest BCUT2D eigenvalue weighted by molar-refractivity contribution is 7.21. The molecule has 2 aromatic heterocycles. The average Bonchev–Trinajstić information content (AvgIpc) is 3.29. The van der Waals surface area contributed by atoms with Gasteiger partial charge in [0.1, 0.15) is 5.01 Å². The Kier molecular flexibility index (Phi) is 5.27. The molecule has 0 radical (unpaired) electrons. The van der Waals surface area contributed by atoms with Crippen LogP contribution in [0.3, 0.4) is 0 Å². The monoisotopic (exact) mass is 413 g/mol. The molecule has 28 heavy (non-hydrogen) atoms. The van der Waals surface area contributed by atoms with Crippen molar-refractivity contribution in [1.82, 2.24) is 20.1 Å². The fourth-order valence-electron chi connectivity index (χ4n) is 3.94. The molecule has 1 aliphatic rings. The molecular weight excluding hydrogens is 390 g/mol. The van der Waals surface area contributed by atoms with Gasteiger partial charge in [-0.15, -0.1) is 23.7 Å². The minimum atomic E-state index is 0. The third-order valence-electron chi connectivity index (χ3n) is 5.50. The number of aromatic nitrogens is 3. The lowest BCUT2D eigenvalue weighted by atomic mass is 10.0. The van der Waals surface area contributed by atoms with Gasteiger partial charge >= 0.3 is 0 Å². The van der Waals surface area contributed by atoms with Crippen LogP contribution in [0.25, 0.3) is 31.7 Å². The van der Waals surface area contributed by atoms with Crippen LogP contribution in [0.1, 0.15) is 12.8 Å². The van der Waals surface area contributed by atoms with Crippen molar-refractivity contribution >= 4 is 50.6 Å². The molecule has 1 N–H and O–H groups in total. The molecule has 0 spiro atoms. The number of piperidine rings is 1. The lowest BCUT2D eigenvalue weighted by molar-refractivity contribution is 0.443. The number of aryl methyl sites for hydroxylation is 1. The van der Waals surface area contributed by atoms with Gasteiger partial charge in [0.05, 0.1) is 15.7 Å². The van der Waals surface area contributed by atoms with Crippen LogP contribution in [-0.4, -0.2) is 40.9 Å². The first-order valence-corrected chi connectivity index (χ1v) is 10.3. The van der Waals surface area contributed by atoms with Gasteiger partial charge in [-0.3, -0.25) is 4.68 Å². The highest BCUT2D eigenvalue weighted by Crippen LogP contribution is 2.34. The fraction of sp³-hybridized carbons (Fsp3) is 0.333. The number of hydrogen-bond donors (Lipinski definition) is 1. The van der Waals surface area contributed by atoms with Crippen LogP contribution in [-0.2, 0) is 7.05 Å². The fourth-order valence-corrected chi connectivity index (χ4v) is 4.94. The maximum absolute atomic E-state index is 4.87. The van der Waals surface area contributed by atoms with Crippen LogP contribution >= 0.6 is 23.7 Å². The Morgan fingerprint density at radius 1 is 1.11 bits per heavy atom. The van der Waals surface area contributed by atoms with E-state index < -0.39 is 0 Å². The Morgan fingerprint density at radius 2 is 1.89 bits per heavy atom. The summed E-state index contributed by atoms with van der Waals surface area (Å²) in [4.78, 5) is 7.30. The van der Waals surface area contributed by atoms with E-state index in [0.29, 0.717) is 6.04 Å². The van der Waals surface area contributed by atoms with Gasteiger partial charge in [-0.25, -0.2) is 4.98 Å². The van der Waals surface area contributed by atoms with E-state index >= 15 is 0 Å². The van der Waals surface area contributed by atoms with E-state index in [9.17, 15) is 0 Å². The summed E-state index contributed by atoms with van der Waals surface area (Å²) in [6.07, 6.45) is 4.46. The van der Waals surface area contributed by atoms with E-state index in [1.165, 1.54) is 23.2 Å². The number of nitrogens with one attached hydrogen (secondary N) is 1. The third-order valence-corrected chi connectivity index (χ3v) is 6.57. The van der Waals surface area contributed by atoms with Gasteiger partial charge in [-0.1, -0.05) is 0 Å². The van der Waals surface area contributed by atoms with Crippen molar-refractivity contribution < 1.29 is 0 Å². The minimum absolute atomic E-state index is 0. The summed E-state index contributed by atoms with van der Waals surface area (Å²) in [5, 5.41) is 10.1. The van der Waals surface area contributed by atoms with E-state index in [0.717, 1.165) is 40.1 Å². The van der Waals surface area contributed by atoms with E-state index in [-0.39, 0.29) is 12.4 Å². The van der Waals surface area contributed by atoms with Gasteiger partial charge in [0.15, 0.2) is 0 Å². The van der Waals surface area contributed by atoms with Crippen molar-refractivity contribution in [3.8, 4) is 10.6 Å². The van der Waals surface area contributed by atoms with Crippen molar-refractivity contribution in [2.24, 2.45) is 7.05 Å². The number of hydrogen-bond acceptors (Lipinski definition) is 5. The van der Waals surface area contributed by atoms with Crippen molar-refractivity contribution in [3.05, 3.63) is 42.6 Å². The second-order valence-corrected chi connectivity index (χ2v) is 8.37. The summed E-state index contributed by atoms with van der Waals surface area (Å²) in [6.45, 7) is 2.22. The first-order chi connectivity index (χ1) is 13.2. The van der Waals surface area contributed by atoms with Gasteiger partial charge in [-0.05, 0) is 62.3 Å². The number of benzene rings is 2. The molecule has 5 rings (SSSR count). The average molecular weight is 414 g/mol. The van der Waals surface area contributed by atoms with E-state index in [1.807, 2.05) is 11.7 Å². The molecule has 1 saturated heterocycles. The van der Waals surface area contributed by atoms with E-state index in [2.05, 4.69) is 65.0 Å². The smallest absolute Gasteiger partial charge is 0.124 e. The summed E-state index contributed by atoms with van der Waals surface area (Å²) in [5.41, 5.74) is 4.54. The van der Waals surface area contributed by atoms with Crippen LogP contribution < -0.4 is 10.2 Å². The Bertz CT molecular complexity index is 1110. The first kappa shape index (κ1) is 19.2.